The van der Waals surface area contributed by atoms with Crippen molar-refractivity contribution in [3.8, 4) is 0 Å². The number of hydrogen-bond donors (Lipinski definition) is 1. The monoisotopic (exact) mass is 308 g/mol. The predicted octanol–water partition coefficient (Wildman–Crippen LogP) is 3.12. The fraction of sp³-hybridized carbons (Fsp3) is 0.562. The molecule has 1 fully saturated rings. The van der Waals surface area contributed by atoms with Gasteiger partial charge in [-0.1, -0.05) is 23.8 Å². The molecule has 0 atom stereocenters. The normalized spacial score (nSPS) is 27.4. The molecule has 0 aromatic heterocycles. The van der Waals surface area contributed by atoms with Crippen LogP contribution in [-0.4, -0.2) is 23.9 Å². The molecule has 4 nitrogen and oxygen atoms in total. The van der Waals surface area contributed by atoms with Crippen molar-refractivity contribution in [2.75, 3.05) is 6.54 Å². The fourth-order valence-corrected chi connectivity index (χ4v) is 2.73. The molecule has 114 valence electrons. The minimum atomic E-state index is -0.0575. The SMILES string of the molecule is O=C1CCC(C(=O)NCC2=N/C=C\CCC/C=C\2Cl)CC1. The van der Waals surface area contributed by atoms with Gasteiger partial charge in [-0.2, -0.15) is 0 Å². The molecule has 5 heteroatoms. The molecule has 0 saturated heterocycles. The Morgan fingerprint density at radius 1 is 1.33 bits per heavy atom. The number of aliphatic imine (C=N–C) groups is 1. The van der Waals surface area contributed by atoms with Crippen LogP contribution in [0.1, 0.15) is 44.9 Å². The number of amides is 1. The molecule has 1 amide bonds. The van der Waals surface area contributed by atoms with E-state index in [4.69, 9.17) is 11.6 Å². The number of allylic oxidation sites excluding steroid dienone is 2. The van der Waals surface area contributed by atoms with Crippen molar-refractivity contribution < 1.29 is 9.59 Å². The van der Waals surface area contributed by atoms with Crippen LogP contribution in [0.2, 0.25) is 0 Å². The van der Waals surface area contributed by atoms with Crippen molar-refractivity contribution in [3.05, 3.63) is 23.4 Å². The van der Waals surface area contributed by atoms with Gasteiger partial charge < -0.3 is 5.32 Å². The third kappa shape index (κ3) is 5.12. The molecule has 0 bridgehead atoms. The Labute approximate surface area is 130 Å². The van der Waals surface area contributed by atoms with Crippen molar-refractivity contribution in [2.24, 2.45) is 10.9 Å². The topological polar surface area (TPSA) is 58.5 Å². The van der Waals surface area contributed by atoms with E-state index in [1.165, 1.54) is 0 Å². The predicted molar refractivity (Wildman–Crippen MR) is 84.3 cm³/mol. The van der Waals surface area contributed by atoms with Gasteiger partial charge in [0.25, 0.3) is 0 Å². The van der Waals surface area contributed by atoms with Gasteiger partial charge in [-0.25, -0.2) is 0 Å². The quantitative estimate of drug-likeness (QED) is 0.871. The molecule has 1 aliphatic carbocycles. The van der Waals surface area contributed by atoms with Crippen molar-refractivity contribution in [3.63, 3.8) is 0 Å². The van der Waals surface area contributed by atoms with E-state index in [1.807, 2.05) is 12.2 Å². The van der Waals surface area contributed by atoms with Gasteiger partial charge in [0.2, 0.25) is 5.91 Å². The van der Waals surface area contributed by atoms with Gasteiger partial charge in [0.15, 0.2) is 0 Å². The van der Waals surface area contributed by atoms with Crippen LogP contribution < -0.4 is 5.32 Å². The van der Waals surface area contributed by atoms with E-state index in [0.29, 0.717) is 43.0 Å². The summed E-state index contributed by atoms with van der Waals surface area (Å²) in [7, 11) is 0. The van der Waals surface area contributed by atoms with E-state index >= 15 is 0 Å². The Balaban J connectivity index is 1.89. The maximum Gasteiger partial charge on any atom is 0.223 e. The summed E-state index contributed by atoms with van der Waals surface area (Å²) in [6.45, 7) is 0.336. The second-order valence-corrected chi connectivity index (χ2v) is 5.88. The van der Waals surface area contributed by atoms with Crippen molar-refractivity contribution in [1.29, 1.82) is 0 Å². The van der Waals surface area contributed by atoms with Crippen LogP contribution in [0.25, 0.3) is 0 Å². The number of carbonyl (C=O) groups is 2. The fourth-order valence-electron chi connectivity index (χ4n) is 2.51. The maximum atomic E-state index is 12.1. The Bertz CT molecular complexity index is 485. The lowest BCUT2D eigenvalue weighted by Crippen LogP contribution is -2.36. The molecular formula is C16H21ClN2O2. The van der Waals surface area contributed by atoms with Crippen LogP contribution in [0, 0.1) is 5.92 Å². The average Bonchev–Trinajstić information content (AvgIpc) is 2.58. The smallest absolute Gasteiger partial charge is 0.223 e. The van der Waals surface area contributed by atoms with Gasteiger partial charge >= 0.3 is 0 Å². The highest BCUT2D eigenvalue weighted by atomic mass is 35.5. The molecular weight excluding hydrogens is 288 g/mol. The highest BCUT2D eigenvalue weighted by molar-refractivity contribution is 6.44. The van der Waals surface area contributed by atoms with E-state index in [9.17, 15) is 9.59 Å². The summed E-state index contributed by atoms with van der Waals surface area (Å²) in [4.78, 5) is 27.6. The average molecular weight is 309 g/mol. The van der Waals surface area contributed by atoms with Crippen LogP contribution in [0.5, 0.6) is 0 Å². The van der Waals surface area contributed by atoms with Gasteiger partial charge in [0, 0.05) is 25.0 Å². The van der Waals surface area contributed by atoms with Crippen LogP contribution in [0.15, 0.2) is 28.4 Å². The molecule has 0 unspecified atom stereocenters. The lowest BCUT2D eigenvalue weighted by atomic mass is 9.88. The van der Waals surface area contributed by atoms with E-state index in [2.05, 4.69) is 10.3 Å². The molecule has 0 aromatic carbocycles. The van der Waals surface area contributed by atoms with Gasteiger partial charge in [0.05, 0.1) is 17.3 Å². The van der Waals surface area contributed by atoms with Crippen LogP contribution in [0.3, 0.4) is 0 Å². The summed E-state index contributed by atoms with van der Waals surface area (Å²) in [5.74, 6) is 0.201. The Morgan fingerprint density at radius 2 is 2.10 bits per heavy atom. The second kappa shape index (κ2) is 8.13. The molecule has 21 heavy (non-hydrogen) atoms. The summed E-state index contributed by atoms with van der Waals surface area (Å²) in [6, 6.07) is 0. The van der Waals surface area contributed by atoms with Crippen molar-refractivity contribution in [2.45, 2.75) is 44.9 Å². The summed E-state index contributed by atoms with van der Waals surface area (Å²) < 4.78 is 0. The number of halogens is 1. The number of nitrogens with one attached hydrogen (secondary N) is 1. The van der Waals surface area contributed by atoms with Gasteiger partial charge in [-0.3, -0.25) is 14.6 Å². The van der Waals surface area contributed by atoms with Gasteiger partial charge in [-0.15, -0.1) is 0 Å². The number of nitrogens with zero attached hydrogens (tertiary/aromatic N) is 1. The summed E-state index contributed by atoms with van der Waals surface area (Å²) in [5, 5.41) is 3.51. The van der Waals surface area contributed by atoms with Crippen LogP contribution in [0.4, 0.5) is 0 Å². The summed E-state index contributed by atoms with van der Waals surface area (Å²) >= 11 is 6.22. The summed E-state index contributed by atoms with van der Waals surface area (Å²) in [6.07, 6.45) is 11.0. The second-order valence-electron chi connectivity index (χ2n) is 5.47. The molecule has 1 heterocycles. The van der Waals surface area contributed by atoms with Crippen molar-refractivity contribution >= 4 is 29.0 Å². The molecule has 0 aromatic rings. The first-order valence-electron chi connectivity index (χ1n) is 7.54. The maximum absolute atomic E-state index is 12.1. The Hall–Kier alpha value is -1.42. The zero-order valence-corrected chi connectivity index (χ0v) is 12.9. The standard InChI is InChI=1S/C16H21ClN2O2/c17-14-5-3-1-2-4-10-18-15(14)11-19-16(21)12-6-8-13(20)9-7-12/h4-5,10,12H,1-3,6-9,11H2,(H,19,21)/b10-4-,14-5+,18-15-. The Morgan fingerprint density at radius 3 is 2.86 bits per heavy atom. The Kier molecular flexibility index (Phi) is 6.18. The van der Waals surface area contributed by atoms with E-state index < -0.39 is 0 Å². The number of carbonyl (C=O) groups excluding carboxylic acids is 2. The molecule has 1 aliphatic heterocycles. The zero-order valence-electron chi connectivity index (χ0n) is 12.1. The van der Waals surface area contributed by atoms with E-state index in [1.54, 1.807) is 6.20 Å². The molecule has 0 spiro atoms. The third-order valence-corrected chi connectivity index (χ3v) is 4.23. The van der Waals surface area contributed by atoms with Crippen molar-refractivity contribution in [1.82, 2.24) is 5.32 Å². The zero-order chi connectivity index (χ0) is 15.1. The number of hydrogen-bond acceptors (Lipinski definition) is 3. The minimum Gasteiger partial charge on any atom is -0.350 e. The molecule has 1 N–H and O–H groups in total. The molecule has 1 saturated carbocycles. The largest absolute Gasteiger partial charge is 0.350 e. The molecule has 2 rings (SSSR count). The highest BCUT2D eigenvalue weighted by Gasteiger charge is 2.24. The number of Topliss-reactive ketones (excluding diaryl/α,β-unsaturated/α-hetero) is 1. The van der Waals surface area contributed by atoms with E-state index in [-0.39, 0.29) is 17.6 Å². The molecule has 0 radical (unpaired) electrons. The van der Waals surface area contributed by atoms with Gasteiger partial charge in [-0.05, 0) is 32.1 Å². The number of rotatable bonds is 3. The third-order valence-electron chi connectivity index (χ3n) is 3.85. The van der Waals surface area contributed by atoms with Gasteiger partial charge in [0.1, 0.15) is 5.78 Å². The minimum absolute atomic E-state index is 0.00137. The first kappa shape index (κ1) is 16.0. The number of ketones is 1. The van der Waals surface area contributed by atoms with Crippen LogP contribution >= 0.6 is 11.6 Å². The van der Waals surface area contributed by atoms with Crippen LogP contribution in [-0.2, 0) is 9.59 Å². The van der Waals surface area contributed by atoms with E-state index in [0.717, 1.165) is 19.3 Å². The molecule has 2 aliphatic rings. The first-order chi connectivity index (χ1) is 10.2. The summed E-state index contributed by atoms with van der Waals surface area (Å²) in [5.41, 5.74) is 0.690. The first-order valence-corrected chi connectivity index (χ1v) is 7.91. The highest BCUT2D eigenvalue weighted by Crippen LogP contribution is 2.21. The lowest BCUT2D eigenvalue weighted by Gasteiger charge is -2.20. The lowest BCUT2D eigenvalue weighted by molar-refractivity contribution is -0.128.